The first-order valence-electron chi connectivity index (χ1n) is 10.5. The number of amides is 2. The second-order valence-electron chi connectivity index (χ2n) is 7.55. The Morgan fingerprint density at radius 2 is 1.78 bits per heavy atom. The maximum atomic E-state index is 13.2. The zero-order valence-electron chi connectivity index (χ0n) is 18.4. The van der Waals surface area contributed by atoms with E-state index in [1.165, 1.54) is 12.1 Å². The fourth-order valence-electron chi connectivity index (χ4n) is 3.30. The van der Waals surface area contributed by atoms with Gasteiger partial charge in [0.1, 0.15) is 16.1 Å². The van der Waals surface area contributed by atoms with E-state index in [2.05, 4.69) is 20.8 Å². The predicted octanol–water partition coefficient (Wildman–Crippen LogP) is 5.40. The standard InChI is InChI=1S/C24H17Cl2N5O4S/c25-17-8-4-7-16(12-17)23-29-30-24(36-23)28-22(33)19(11-14-5-2-1-3-6-14)27-21(32)15-9-10-18(26)20(13-15)31(34)35/h1-10,12-13,19H,11H2,(H,27,32)(H,28,30,33). The molecule has 0 bridgehead atoms. The van der Waals surface area contributed by atoms with E-state index < -0.39 is 28.5 Å². The number of aromatic nitrogens is 2. The first-order valence-corrected chi connectivity index (χ1v) is 12.1. The highest BCUT2D eigenvalue weighted by atomic mass is 35.5. The molecule has 1 atom stereocenters. The van der Waals surface area contributed by atoms with Crippen LogP contribution in [0.2, 0.25) is 10.0 Å². The van der Waals surface area contributed by atoms with Crippen molar-refractivity contribution in [2.45, 2.75) is 12.5 Å². The van der Waals surface area contributed by atoms with Gasteiger partial charge in [0.05, 0.1) is 4.92 Å². The molecule has 0 aliphatic heterocycles. The zero-order valence-corrected chi connectivity index (χ0v) is 20.7. The van der Waals surface area contributed by atoms with Gasteiger partial charge in [-0.1, -0.05) is 77.0 Å². The van der Waals surface area contributed by atoms with Crippen molar-refractivity contribution in [2.75, 3.05) is 5.32 Å². The minimum absolute atomic E-state index is 0.00359. The highest BCUT2D eigenvalue weighted by molar-refractivity contribution is 7.18. The van der Waals surface area contributed by atoms with E-state index in [1.807, 2.05) is 36.4 Å². The van der Waals surface area contributed by atoms with Gasteiger partial charge in [0.15, 0.2) is 0 Å². The van der Waals surface area contributed by atoms with Crippen LogP contribution in [0.5, 0.6) is 0 Å². The summed E-state index contributed by atoms with van der Waals surface area (Å²) in [6.07, 6.45) is 0.175. The van der Waals surface area contributed by atoms with Crippen LogP contribution in [-0.2, 0) is 11.2 Å². The molecular weight excluding hydrogens is 525 g/mol. The van der Waals surface area contributed by atoms with Crippen LogP contribution in [0.25, 0.3) is 10.6 Å². The van der Waals surface area contributed by atoms with Crippen LogP contribution < -0.4 is 10.6 Å². The van der Waals surface area contributed by atoms with Gasteiger partial charge in [0, 0.05) is 28.6 Å². The maximum absolute atomic E-state index is 13.2. The lowest BCUT2D eigenvalue weighted by Crippen LogP contribution is -2.45. The molecule has 0 aliphatic carbocycles. The summed E-state index contributed by atoms with van der Waals surface area (Å²) < 4.78 is 0. The summed E-state index contributed by atoms with van der Waals surface area (Å²) in [5.74, 6) is -1.19. The summed E-state index contributed by atoms with van der Waals surface area (Å²) >= 11 is 13.0. The lowest BCUT2D eigenvalue weighted by molar-refractivity contribution is -0.384. The Morgan fingerprint density at radius 1 is 1.00 bits per heavy atom. The number of hydrogen-bond acceptors (Lipinski definition) is 7. The van der Waals surface area contributed by atoms with E-state index in [0.29, 0.717) is 10.0 Å². The number of nitrogens with zero attached hydrogens (tertiary/aromatic N) is 3. The van der Waals surface area contributed by atoms with Gasteiger partial charge in [-0.25, -0.2) is 0 Å². The lowest BCUT2D eigenvalue weighted by Gasteiger charge is -2.18. The number of carbonyl (C=O) groups is 2. The Morgan fingerprint density at radius 3 is 2.50 bits per heavy atom. The smallest absolute Gasteiger partial charge is 0.288 e. The molecule has 0 fully saturated rings. The third-order valence-corrected chi connectivity index (χ3v) is 6.48. The molecule has 0 aliphatic rings. The highest BCUT2D eigenvalue weighted by Crippen LogP contribution is 2.28. The van der Waals surface area contributed by atoms with Gasteiger partial charge in [-0.05, 0) is 29.8 Å². The van der Waals surface area contributed by atoms with Crippen molar-refractivity contribution < 1.29 is 14.5 Å². The van der Waals surface area contributed by atoms with Crippen molar-refractivity contribution in [3.05, 3.63) is 104 Å². The van der Waals surface area contributed by atoms with Gasteiger partial charge >= 0.3 is 0 Å². The molecule has 4 aromatic rings. The Labute approximate surface area is 219 Å². The van der Waals surface area contributed by atoms with Crippen molar-refractivity contribution in [3.63, 3.8) is 0 Å². The van der Waals surface area contributed by atoms with Gasteiger partial charge in [-0.15, -0.1) is 10.2 Å². The van der Waals surface area contributed by atoms with E-state index in [4.69, 9.17) is 23.2 Å². The summed E-state index contributed by atoms with van der Waals surface area (Å²) in [7, 11) is 0. The molecule has 1 unspecified atom stereocenters. The Bertz CT molecular complexity index is 1430. The van der Waals surface area contributed by atoms with Gasteiger partial charge < -0.3 is 5.32 Å². The molecule has 0 saturated heterocycles. The first kappa shape index (κ1) is 25.2. The van der Waals surface area contributed by atoms with Crippen LogP contribution in [0.15, 0.2) is 72.8 Å². The lowest BCUT2D eigenvalue weighted by atomic mass is 10.0. The third kappa shape index (κ3) is 6.22. The number of nitro benzene ring substituents is 1. The summed E-state index contributed by atoms with van der Waals surface area (Å²) in [4.78, 5) is 36.6. The molecule has 9 nitrogen and oxygen atoms in total. The van der Waals surface area contributed by atoms with Gasteiger partial charge in [0.25, 0.3) is 11.6 Å². The summed E-state index contributed by atoms with van der Waals surface area (Å²) in [6, 6.07) is 18.9. The summed E-state index contributed by atoms with van der Waals surface area (Å²) in [5, 5.41) is 25.9. The topological polar surface area (TPSA) is 127 Å². The quantitative estimate of drug-likeness (QED) is 0.227. The maximum Gasteiger partial charge on any atom is 0.288 e. The molecular formula is C24H17Cl2N5O4S. The van der Waals surface area contributed by atoms with E-state index in [0.717, 1.165) is 28.5 Å². The Hall–Kier alpha value is -3.86. The van der Waals surface area contributed by atoms with E-state index >= 15 is 0 Å². The van der Waals surface area contributed by atoms with E-state index in [9.17, 15) is 19.7 Å². The average molecular weight is 542 g/mol. The van der Waals surface area contributed by atoms with Gasteiger partial charge in [-0.3, -0.25) is 25.0 Å². The average Bonchev–Trinajstić information content (AvgIpc) is 3.33. The van der Waals surface area contributed by atoms with Gasteiger partial charge in [0.2, 0.25) is 11.0 Å². The number of rotatable bonds is 8. The predicted molar refractivity (Wildman–Crippen MR) is 138 cm³/mol. The number of carbonyl (C=O) groups excluding carboxylic acids is 2. The highest BCUT2D eigenvalue weighted by Gasteiger charge is 2.25. The van der Waals surface area contributed by atoms with Crippen LogP contribution >= 0.6 is 34.5 Å². The number of benzene rings is 3. The second kappa shape index (κ2) is 11.3. The monoisotopic (exact) mass is 541 g/mol. The van der Waals surface area contributed by atoms with Gasteiger partial charge in [-0.2, -0.15) is 0 Å². The van der Waals surface area contributed by atoms with Crippen LogP contribution in [0.1, 0.15) is 15.9 Å². The Balaban J connectivity index is 1.54. The van der Waals surface area contributed by atoms with Crippen LogP contribution in [-0.4, -0.2) is 33.0 Å². The minimum atomic E-state index is -1.01. The number of nitro groups is 1. The largest absolute Gasteiger partial charge is 0.340 e. The van der Waals surface area contributed by atoms with Crippen molar-refractivity contribution in [2.24, 2.45) is 0 Å². The van der Waals surface area contributed by atoms with Crippen molar-refractivity contribution in [1.82, 2.24) is 15.5 Å². The zero-order chi connectivity index (χ0) is 25.7. The number of hydrogen-bond donors (Lipinski definition) is 2. The minimum Gasteiger partial charge on any atom is -0.340 e. The first-order chi connectivity index (χ1) is 17.3. The van der Waals surface area contributed by atoms with E-state index in [1.54, 1.807) is 18.2 Å². The fourth-order valence-corrected chi connectivity index (χ4v) is 4.42. The van der Waals surface area contributed by atoms with Crippen LogP contribution in [0.4, 0.5) is 10.8 Å². The molecule has 182 valence electrons. The summed E-state index contributed by atoms with van der Waals surface area (Å²) in [5.41, 5.74) is 1.14. The molecule has 2 N–H and O–H groups in total. The van der Waals surface area contributed by atoms with Crippen molar-refractivity contribution in [3.8, 4) is 10.6 Å². The summed E-state index contributed by atoms with van der Waals surface area (Å²) in [6.45, 7) is 0. The van der Waals surface area contributed by atoms with Crippen molar-refractivity contribution in [1.29, 1.82) is 0 Å². The molecule has 0 saturated carbocycles. The molecule has 1 heterocycles. The van der Waals surface area contributed by atoms with Crippen LogP contribution in [0.3, 0.4) is 0 Å². The fraction of sp³-hybridized carbons (Fsp3) is 0.0833. The molecule has 36 heavy (non-hydrogen) atoms. The number of nitrogens with one attached hydrogen (secondary N) is 2. The van der Waals surface area contributed by atoms with Crippen molar-refractivity contribution >= 4 is 57.2 Å². The number of halogens is 2. The van der Waals surface area contributed by atoms with Crippen LogP contribution in [0, 0.1) is 10.1 Å². The third-order valence-electron chi connectivity index (χ3n) is 5.04. The Kier molecular flexibility index (Phi) is 7.89. The number of anilines is 1. The van der Waals surface area contributed by atoms with E-state index in [-0.39, 0.29) is 22.1 Å². The molecule has 0 spiro atoms. The second-order valence-corrected chi connectivity index (χ2v) is 9.37. The SMILES string of the molecule is O=C(NC(Cc1ccccc1)C(=O)Nc1nnc(-c2cccc(Cl)c2)s1)c1ccc(Cl)c([N+](=O)[O-])c1. The molecule has 4 rings (SSSR count). The molecule has 12 heteroatoms. The molecule has 0 radical (unpaired) electrons. The molecule has 2 amide bonds. The molecule has 3 aromatic carbocycles. The molecule has 1 aromatic heterocycles. The normalized spacial score (nSPS) is 11.5.